The number of nitrogens with one attached hydrogen (secondary N) is 3. The number of nitrogens with zero attached hydrogens (tertiary/aromatic N) is 3. The van der Waals surface area contributed by atoms with E-state index in [1.807, 2.05) is 91.9 Å². The summed E-state index contributed by atoms with van der Waals surface area (Å²) < 4.78 is 41.8. The van der Waals surface area contributed by atoms with Crippen LogP contribution in [-0.2, 0) is 48.2 Å². The Kier molecular flexibility index (Phi) is 22.3. The van der Waals surface area contributed by atoms with Gasteiger partial charge in [0.05, 0.1) is 129 Å². The normalized spacial score (nSPS) is 16.8. The molecule has 0 bridgehead atoms. The number of carbonyl (C=O) groups is 3. The van der Waals surface area contributed by atoms with Crippen molar-refractivity contribution in [1.29, 1.82) is 0 Å². The van der Waals surface area contributed by atoms with Gasteiger partial charge >= 0.3 is 0 Å². The summed E-state index contributed by atoms with van der Waals surface area (Å²) in [5, 5.41) is 9.88. The summed E-state index contributed by atoms with van der Waals surface area (Å²) in [4.78, 5) is 38.2. The molecule has 3 fully saturated rings. The molecule has 6 heterocycles. The van der Waals surface area contributed by atoms with Crippen molar-refractivity contribution in [1.82, 2.24) is 0 Å². The van der Waals surface area contributed by atoms with E-state index < -0.39 is 0 Å². The van der Waals surface area contributed by atoms with Crippen molar-refractivity contribution in [3.05, 3.63) is 187 Å². The lowest BCUT2D eigenvalue weighted by atomic mass is 10.0. The zero-order valence-corrected chi connectivity index (χ0v) is 55.9. The summed E-state index contributed by atoms with van der Waals surface area (Å²) in [5.41, 5.74) is 11.5. The van der Waals surface area contributed by atoms with E-state index in [0.29, 0.717) is 56.2 Å². The number of fused-ring (bicyclic) bond motifs is 3. The minimum atomic E-state index is -0.201. The summed E-state index contributed by atoms with van der Waals surface area (Å²) in [7, 11) is 15.3. The molecule has 3 N–H and O–H groups in total. The van der Waals surface area contributed by atoms with Gasteiger partial charge in [-0.05, 0) is 104 Å². The van der Waals surface area contributed by atoms with Crippen LogP contribution in [0.25, 0.3) is 18.2 Å². The van der Waals surface area contributed by atoms with Crippen LogP contribution in [0.3, 0.4) is 0 Å². The van der Waals surface area contributed by atoms with E-state index in [4.69, 9.17) is 56.4 Å². The van der Waals surface area contributed by atoms with Gasteiger partial charge in [-0.1, -0.05) is 71.2 Å². The third-order valence-corrected chi connectivity index (χ3v) is 18.9. The molecule has 6 aliphatic rings. The van der Waals surface area contributed by atoms with Gasteiger partial charge in [0, 0.05) is 94.0 Å². The molecule has 12 rings (SSSR count). The van der Waals surface area contributed by atoms with E-state index in [-0.39, 0.29) is 37.5 Å². The van der Waals surface area contributed by atoms with Crippen LogP contribution < -0.4 is 34.9 Å². The van der Waals surface area contributed by atoms with Crippen LogP contribution in [0.1, 0.15) is 77.5 Å². The number of anilines is 3. The first-order valence-corrected chi connectivity index (χ1v) is 32.6. The van der Waals surface area contributed by atoms with E-state index in [1.165, 1.54) is 16.7 Å². The summed E-state index contributed by atoms with van der Waals surface area (Å²) in [6.45, 7) is 10.7. The Morgan fingerprint density at radius 3 is 1.21 bits per heavy atom. The second kappa shape index (κ2) is 30.5. The molecule has 486 valence electrons. The third-order valence-electron chi connectivity index (χ3n) is 18.4. The van der Waals surface area contributed by atoms with Crippen molar-refractivity contribution >= 4 is 76.2 Å². The second-order valence-corrected chi connectivity index (χ2v) is 27.3. The summed E-state index contributed by atoms with van der Waals surface area (Å²) in [5.74, 6) is 2.40. The quantitative estimate of drug-likeness (QED) is 0.0799. The van der Waals surface area contributed by atoms with Crippen LogP contribution in [0, 0.1) is 6.92 Å². The number of carbonyl (C=O) groups excluding carboxylic acids is 3. The largest absolute Gasteiger partial charge is 0.497 e. The van der Waals surface area contributed by atoms with Gasteiger partial charge in [0.2, 0.25) is 0 Å². The molecule has 0 radical (unpaired) electrons. The van der Waals surface area contributed by atoms with Crippen molar-refractivity contribution in [3.8, 4) is 23.0 Å². The number of quaternary nitrogens is 3. The van der Waals surface area contributed by atoms with Gasteiger partial charge in [0.1, 0.15) is 62.5 Å². The lowest BCUT2D eigenvalue weighted by Crippen LogP contribution is -2.50. The van der Waals surface area contributed by atoms with Crippen molar-refractivity contribution in [3.63, 3.8) is 0 Å². The maximum Gasteiger partial charge on any atom is 0.255 e. The Hall–Kier alpha value is -7.51. The topological polar surface area (TPSA) is 152 Å². The number of hydrogen-bond acceptors (Lipinski definition) is 10. The lowest BCUT2D eigenvalue weighted by molar-refractivity contribution is -0.929. The number of hydrogen-bond donors (Lipinski definition) is 3. The maximum absolute atomic E-state index is 12.7. The summed E-state index contributed by atoms with van der Waals surface area (Å²) in [6, 6.07) is 41.2. The Morgan fingerprint density at radius 2 is 0.815 bits per heavy atom. The number of halogens is 2. The SMILES string of the molecule is COc1ccc2c(c1)C=C(C(=O)Nc1ccc(C[N+](C)(C)C3CCOCC3)cc1)CO2.C[N+](C)(Cc1ccc(NC(=O)C2=Cc3cc(Cl)cc(Cl)c3OC2)cc1)C1CCOCC1.Cc1ccc2c(c1)C=C(C(=O)Nc1ccc(C[N+](C)(C)C3CCOCC3)cc1)CO2. The molecule has 3 saturated heterocycles. The minimum absolute atomic E-state index is 0.117. The molecular formula is C74H89Cl2N6O10+3. The molecule has 0 atom stereocenters. The Balaban J connectivity index is 0.000000151. The fourth-order valence-corrected chi connectivity index (χ4v) is 13.4. The number of benzene rings is 6. The predicted octanol–water partition coefficient (Wildman–Crippen LogP) is 13.2. The first-order valence-electron chi connectivity index (χ1n) is 31.9. The fraction of sp³-hybridized carbons (Fsp3) is 0.392. The molecule has 6 aliphatic heterocycles. The Bertz CT molecular complexity index is 3660. The average molecular weight is 1290 g/mol. The zero-order chi connectivity index (χ0) is 65.0. The molecular weight excluding hydrogens is 1200 g/mol. The highest BCUT2D eigenvalue weighted by Crippen LogP contribution is 2.38. The zero-order valence-electron chi connectivity index (χ0n) is 54.4. The van der Waals surface area contributed by atoms with Crippen LogP contribution in [-0.4, -0.2) is 158 Å². The van der Waals surface area contributed by atoms with Gasteiger partial charge in [-0.25, -0.2) is 0 Å². The van der Waals surface area contributed by atoms with E-state index >= 15 is 0 Å². The van der Waals surface area contributed by atoms with E-state index in [1.54, 1.807) is 25.3 Å². The molecule has 0 spiro atoms. The molecule has 6 aromatic carbocycles. The predicted molar refractivity (Wildman–Crippen MR) is 365 cm³/mol. The Labute approximate surface area is 552 Å². The number of aryl methyl sites for hydroxylation is 1. The molecule has 0 aromatic heterocycles. The molecule has 0 unspecified atom stereocenters. The molecule has 3 amide bonds. The highest BCUT2D eigenvalue weighted by molar-refractivity contribution is 6.36. The number of rotatable bonds is 16. The monoisotopic (exact) mass is 1290 g/mol. The standard InChI is InChI=1S/C25H30N2O4.C25H30N2O3.C24H26Cl2N2O3/c1-27(2,22-10-12-30-13-11-22)16-18-4-6-21(7-5-18)26-25(28)20-14-19-15-23(29-3)8-9-24(19)31-17-20;1-18-4-9-24-20(14-18)15-21(17-30-24)25(28)26-22-7-5-19(6-8-22)16-27(2,3)23-10-12-29-13-11-23;1-28(2,21-7-9-30-10-8-21)14-16-3-5-20(6-4-16)27-24(29)18-11-17-12-19(25)13-22(26)23(17)31-15-18/h4-9,14-15,22H,10-13,16-17H2,1-3H3;4-9,14-15,23H,10-13,16-17H2,1-3H3;3-6,11-13,21H,7-10,14-15H2,1-2H3/p+3. The summed E-state index contributed by atoms with van der Waals surface area (Å²) in [6.07, 6.45) is 12.2. The Morgan fingerprint density at radius 1 is 0.457 bits per heavy atom. The lowest BCUT2D eigenvalue weighted by Gasteiger charge is -2.40. The first kappa shape index (κ1) is 67.4. The highest BCUT2D eigenvalue weighted by Gasteiger charge is 2.33. The van der Waals surface area contributed by atoms with Gasteiger partial charge in [0.15, 0.2) is 0 Å². The van der Waals surface area contributed by atoms with Crippen molar-refractivity contribution < 1.29 is 61.0 Å². The van der Waals surface area contributed by atoms with Gasteiger partial charge in [-0.2, -0.15) is 0 Å². The van der Waals surface area contributed by atoms with Crippen LogP contribution >= 0.6 is 23.2 Å². The van der Waals surface area contributed by atoms with E-state index in [2.05, 4.69) is 94.6 Å². The van der Waals surface area contributed by atoms with Gasteiger partial charge in [-0.15, -0.1) is 0 Å². The molecule has 92 heavy (non-hydrogen) atoms. The van der Waals surface area contributed by atoms with Crippen LogP contribution in [0.15, 0.2) is 138 Å². The first-order chi connectivity index (χ1) is 44.2. The minimum Gasteiger partial charge on any atom is -0.497 e. The number of methoxy groups -OCH3 is 1. The molecule has 18 heteroatoms. The average Bonchev–Trinajstić information content (AvgIpc) is 0.929. The molecule has 6 aromatic rings. The maximum atomic E-state index is 12.7. The third kappa shape index (κ3) is 18.0. The molecule has 0 aliphatic carbocycles. The van der Waals surface area contributed by atoms with E-state index in [0.717, 1.165) is 162 Å². The number of amides is 3. The van der Waals surface area contributed by atoms with Crippen LogP contribution in [0.5, 0.6) is 23.0 Å². The smallest absolute Gasteiger partial charge is 0.255 e. The van der Waals surface area contributed by atoms with Crippen molar-refractivity contribution in [2.45, 2.75) is 83.2 Å². The van der Waals surface area contributed by atoms with Gasteiger partial charge < -0.3 is 62.6 Å². The fourth-order valence-electron chi connectivity index (χ4n) is 12.9. The van der Waals surface area contributed by atoms with Crippen LogP contribution in [0.2, 0.25) is 10.0 Å². The second-order valence-electron chi connectivity index (χ2n) is 26.4. The number of ether oxygens (including phenoxy) is 7. The highest BCUT2D eigenvalue weighted by atomic mass is 35.5. The van der Waals surface area contributed by atoms with E-state index in [9.17, 15) is 14.4 Å². The van der Waals surface area contributed by atoms with Crippen molar-refractivity contribution in [2.24, 2.45) is 0 Å². The van der Waals surface area contributed by atoms with Gasteiger partial charge in [0.25, 0.3) is 17.7 Å². The van der Waals surface area contributed by atoms with Crippen LogP contribution in [0.4, 0.5) is 17.1 Å². The summed E-state index contributed by atoms with van der Waals surface area (Å²) >= 11 is 12.2. The van der Waals surface area contributed by atoms with Gasteiger partial charge in [-0.3, -0.25) is 14.4 Å². The molecule has 16 nitrogen and oxygen atoms in total. The molecule has 0 saturated carbocycles. The van der Waals surface area contributed by atoms with Crippen molar-refractivity contribution in [2.75, 3.05) is 125 Å².